The van der Waals surface area contributed by atoms with Crippen molar-refractivity contribution in [1.82, 2.24) is 4.90 Å². The molecular formula is C18H34N2O. The van der Waals surface area contributed by atoms with Crippen LogP contribution in [0.15, 0.2) is 0 Å². The molecule has 0 spiro atoms. The fraction of sp³-hybridized carbons (Fsp3) is 0.944. The highest BCUT2D eigenvalue weighted by Gasteiger charge is 2.41. The minimum Gasteiger partial charge on any atom is -0.342 e. The first-order valence-corrected chi connectivity index (χ1v) is 8.92. The molecule has 2 unspecified atom stereocenters. The Balaban J connectivity index is 2.02. The summed E-state index contributed by atoms with van der Waals surface area (Å²) in [4.78, 5) is 15.1. The molecule has 3 heteroatoms. The van der Waals surface area contributed by atoms with Gasteiger partial charge in [-0.15, -0.1) is 0 Å². The number of carbonyl (C=O) groups is 1. The number of hydrogen-bond acceptors (Lipinski definition) is 2. The van der Waals surface area contributed by atoms with E-state index in [0.717, 1.165) is 25.9 Å². The second-order valence-electron chi connectivity index (χ2n) is 8.23. The molecule has 2 N–H and O–H groups in total. The van der Waals surface area contributed by atoms with Crippen LogP contribution in [0.5, 0.6) is 0 Å². The van der Waals surface area contributed by atoms with Crippen LogP contribution >= 0.6 is 0 Å². The minimum absolute atomic E-state index is 0.234. The van der Waals surface area contributed by atoms with Gasteiger partial charge in [0.2, 0.25) is 5.91 Å². The molecule has 0 aromatic heterocycles. The van der Waals surface area contributed by atoms with Gasteiger partial charge >= 0.3 is 0 Å². The van der Waals surface area contributed by atoms with E-state index in [-0.39, 0.29) is 5.92 Å². The summed E-state index contributed by atoms with van der Waals surface area (Å²) in [5, 5.41) is 0. The highest BCUT2D eigenvalue weighted by Crippen LogP contribution is 2.42. The van der Waals surface area contributed by atoms with Crippen molar-refractivity contribution in [3.63, 3.8) is 0 Å². The van der Waals surface area contributed by atoms with Crippen LogP contribution < -0.4 is 5.73 Å². The molecule has 0 aromatic rings. The molecule has 2 saturated carbocycles. The molecule has 3 nitrogen and oxygen atoms in total. The van der Waals surface area contributed by atoms with Gasteiger partial charge in [0, 0.05) is 25.0 Å². The molecule has 122 valence electrons. The van der Waals surface area contributed by atoms with Crippen LogP contribution in [-0.2, 0) is 4.79 Å². The Bertz CT molecular complexity index is 329. The van der Waals surface area contributed by atoms with E-state index in [1.165, 1.54) is 19.3 Å². The summed E-state index contributed by atoms with van der Waals surface area (Å²) < 4.78 is 0. The number of carbonyl (C=O) groups excluding carboxylic acids is 1. The topological polar surface area (TPSA) is 46.3 Å². The average molecular weight is 294 g/mol. The van der Waals surface area contributed by atoms with Crippen molar-refractivity contribution in [1.29, 1.82) is 0 Å². The molecule has 0 heterocycles. The number of rotatable bonds is 5. The van der Waals surface area contributed by atoms with Gasteiger partial charge in [-0.3, -0.25) is 4.79 Å². The van der Waals surface area contributed by atoms with Crippen molar-refractivity contribution in [3.8, 4) is 0 Å². The maximum Gasteiger partial charge on any atom is 0.225 e. The SMILES string of the molecule is CC(C)CN(CC(C)C)C(=O)C1CC2CCCC(C1)C2N. The standard InChI is InChI=1S/C18H34N2O/c1-12(2)10-20(11-13(3)4)18(21)16-8-14-6-5-7-15(9-16)17(14)19/h12-17H,5-11,19H2,1-4H3. The van der Waals surface area contributed by atoms with E-state index in [4.69, 9.17) is 5.73 Å². The van der Waals surface area contributed by atoms with Crippen molar-refractivity contribution in [2.24, 2.45) is 35.3 Å². The fourth-order valence-electron chi connectivity index (χ4n) is 4.38. The lowest BCUT2D eigenvalue weighted by atomic mass is 9.65. The van der Waals surface area contributed by atoms with E-state index in [9.17, 15) is 4.79 Å². The summed E-state index contributed by atoms with van der Waals surface area (Å²) >= 11 is 0. The summed E-state index contributed by atoms with van der Waals surface area (Å²) in [5.41, 5.74) is 6.36. The molecule has 0 saturated heterocycles. The number of amides is 1. The van der Waals surface area contributed by atoms with Gasteiger partial charge in [0.15, 0.2) is 0 Å². The van der Waals surface area contributed by atoms with Crippen LogP contribution in [0, 0.1) is 29.6 Å². The van der Waals surface area contributed by atoms with E-state index in [2.05, 4.69) is 32.6 Å². The molecule has 2 aliphatic rings. The van der Waals surface area contributed by atoms with Crippen molar-refractivity contribution >= 4 is 5.91 Å². The third-order valence-electron chi connectivity index (χ3n) is 5.25. The zero-order valence-electron chi connectivity index (χ0n) is 14.3. The van der Waals surface area contributed by atoms with E-state index < -0.39 is 0 Å². The predicted octanol–water partition coefficient (Wildman–Crippen LogP) is 3.28. The summed E-state index contributed by atoms with van der Waals surface area (Å²) in [7, 11) is 0. The maximum atomic E-state index is 13.0. The normalized spacial score (nSPS) is 32.5. The molecule has 21 heavy (non-hydrogen) atoms. The van der Waals surface area contributed by atoms with Crippen molar-refractivity contribution in [3.05, 3.63) is 0 Å². The molecule has 1 amide bonds. The first-order valence-electron chi connectivity index (χ1n) is 8.92. The Morgan fingerprint density at radius 3 is 1.95 bits per heavy atom. The van der Waals surface area contributed by atoms with E-state index in [1.807, 2.05) is 0 Å². The van der Waals surface area contributed by atoms with E-state index in [0.29, 0.717) is 35.6 Å². The number of nitrogens with two attached hydrogens (primary N) is 1. The second kappa shape index (κ2) is 7.13. The van der Waals surface area contributed by atoms with E-state index in [1.54, 1.807) is 0 Å². The highest BCUT2D eigenvalue weighted by molar-refractivity contribution is 5.79. The maximum absolute atomic E-state index is 13.0. The predicted molar refractivity (Wildman–Crippen MR) is 87.8 cm³/mol. The molecular weight excluding hydrogens is 260 g/mol. The zero-order chi connectivity index (χ0) is 15.6. The zero-order valence-corrected chi connectivity index (χ0v) is 14.3. The van der Waals surface area contributed by atoms with Crippen LogP contribution in [-0.4, -0.2) is 29.9 Å². The Kier molecular flexibility index (Phi) is 5.70. The van der Waals surface area contributed by atoms with Crippen LogP contribution in [0.2, 0.25) is 0 Å². The molecule has 2 aliphatic carbocycles. The molecule has 0 aliphatic heterocycles. The number of hydrogen-bond donors (Lipinski definition) is 1. The van der Waals surface area contributed by atoms with Crippen LogP contribution in [0.4, 0.5) is 0 Å². The molecule has 2 rings (SSSR count). The van der Waals surface area contributed by atoms with Gasteiger partial charge in [-0.05, 0) is 49.4 Å². The highest BCUT2D eigenvalue weighted by atomic mass is 16.2. The Morgan fingerprint density at radius 1 is 1.05 bits per heavy atom. The summed E-state index contributed by atoms with van der Waals surface area (Å²) in [6.07, 6.45) is 5.84. The smallest absolute Gasteiger partial charge is 0.225 e. The first-order chi connectivity index (χ1) is 9.88. The quantitative estimate of drug-likeness (QED) is 0.846. The van der Waals surface area contributed by atoms with Gasteiger partial charge < -0.3 is 10.6 Å². The summed E-state index contributed by atoms with van der Waals surface area (Å²) in [5.74, 6) is 2.90. The van der Waals surface area contributed by atoms with E-state index >= 15 is 0 Å². The lowest BCUT2D eigenvalue weighted by Gasteiger charge is -2.44. The van der Waals surface area contributed by atoms with Crippen LogP contribution in [0.25, 0.3) is 0 Å². The lowest BCUT2D eigenvalue weighted by molar-refractivity contribution is -0.139. The molecule has 2 atom stereocenters. The van der Waals surface area contributed by atoms with Crippen molar-refractivity contribution in [2.75, 3.05) is 13.1 Å². The summed E-state index contributed by atoms with van der Waals surface area (Å²) in [6.45, 7) is 10.6. The monoisotopic (exact) mass is 294 g/mol. The number of fused-ring (bicyclic) bond motifs is 2. The van der Waals surface area contributed by atoms with Gasteiger partial charge in [-0.1, -0.05) is 34.1 Å². The minimum atomic E-state index is 0.234. The first kappa shape index (κ1) is 16.8. The molecule has 0 aromatic carbocycles. The number of nitrogens with zero attached hydrogens (tertiary/aromatic N) is 1. The molecule has 2 fully saturated rings. The van der Waals surface area contributed by atoms with Crippen LogP contribution in [0.3, 0.4) is 0 Å². The van der Waals surface area contributed by atoms with Gasteiger partial charge in [0.25, 0.3) is 0 Å². The Morgan fingerprint density at radius 2 is 1.52 bits per heavy atom. The average Bonchev–Trinajstić information content (AvgIpc) is 2.35. The largest absolute Gasteiger partial charge is 0.342 e. The van der Waals surface area contributed by atoms with Gasteiger partial charge in [-0.25, -0.2) is 0 Å². The Hall–Kier alpha value is -0.570. The van der Waals surface area contributed by atoms with Gasteiger partial charge in [0.1, 0.15) is 0 Å². The molecule has 0 radical (unpaired) electrons. The van der Waals surface area contributed by atoms with Crippen molar-refractivity contribution in [2.45, 2.75) is 65.8 Å². The van der Waals surface area contributed by atoms with Gasteiger partial charge in [0.05, 0.1) is 0 Å². The van der Waals surface area contributed by atoms with Crippen LogP contribution in [0.1, 0.15) is 59.8 Å². The third kappa shape index (κ3) is 4.21. The molecule has 2 bridgehead atoms. The second-order valence-corrected chi connectivity index (χ2v) is 8.23. The fourth-order valence-corrected chi connectivity index (χ4v) is 4.38. The van der Waals surface area contributed by atoms with Gasteiger partial charge in [-0.2, -0.15) is 0 Å². The van der Waals surface area contributed by atoms with Crippen molar-refractivity contribution < 1.29 is 4.79 Å². The Labute approximate surface area is 130 Å². The lowest BCUT2D eigenvalue weighted by Crippen LogP contribution is -2.50. The third-order valence-corrected chi connectivity index (χ3v) is 5.25. The summed E-state index contributed by atoms with van der Waals surface area (Å²) in [6, 6.07) is 0.353.